The molecule has 0 bridgehead atoms. The van der Waals surface area contributed by atoms with E-state index >= 15 is 0 Å². The maximum absolute atomic E-state index is 6.09. The van der Waals surface area contributed by atoms with Crippen LogP contribution in [0.4, 0.5) is 0 Å². The third kappa shape index (κ3) is 30.2. The van der Waals surface area contributed by atoms with Crippen LogP contribution in [0.25, 0.3) is 0 Å². The third-order valence-corrected chi connectivity index (χ3v) is 13.2. The van der Waals surface area contributed by atoms with Gasteiger partial charge in [0.05, 0.1) is 126 Å². The van der Waals surface area contributed by atoms with Gasteiger partial charge in [-0.05, 0) is 48.7 Å². The van der Waals surface area contributed by atoms with Gasteiger partial charge in [0, 0.05) is 0 Å². The Bertz CT molecular complexity index is 883. The van der Waals surface area contributed by atoms with Gasteiger partial charge in [-0.25, -0.2) is 0 Å². The van der Waals surface area contributed by atoms with Crippen LogP contribution in [-0.2, 0) is 53.5 Å². The van der Waals surface area contributed by atoms with Gasteiger partial charge in [0.1, 0.15) is 12.4 Å². The zero-order chi connectivity index (χ0) is 37.9. The van der Waals surface area contributed by atoms with Gasteiger partial charge in [0.2, 0.25) is 0 Å². The van der Waals surface area contributed by atoms with Crippen molar-refractivity contribution >= 4 is 8.32 Å². The fraction of sp³-hybridized carbons (Fsp3) is 0.850. The van der Waals surface area contributed by atoms with Crippen LogP contribution in [0.1, 0.15) is 71.8 Å². The molecule has 0 saturated heterocycles. The van der Waals surface area contributed by atoms with Crippen LogP contribution in [0, 0.1) is 0 Å². The molecule has 0 aliphatic rings. The van der Waals surface area contributed by atoms with Crippen LogP contribution < -0.4 is 4.74 Å². The highest BCUT2D eigenvalue weighted by molar-refractivity contribution is 6.74. The smallest absolute Gasteiger partial charge is 0.192 e. The van der Waals surface area contributed by atoms with Gasteiger partial charge in [-0.15, -0.1) is 0 Å². The largest absolute Gasteiger partial charge is 0.491 e. The first-order valence-electron chi connectivity index (χ1n) is 19.8. The highest BCUT2D eigenvalue weighted by Crippen LogP contribution is 2.36. The molecule has 0 spiro atoms. The normalized spacial score (nSPS) is 12.2. The standard InChI is InChI=1S/C40H76O11Si/c1-7-8-9-10-11-12-13-38-14-16-39(17-15-38)50-36-34-48-32-30-46-28-26-44-24-22-42-20-18-41-19-21-43-23-25-45-27-29-47-31-33-49-35-37-51-52(5,6)40(2,3)4/h14-17H,7-13,18-37H2,1-6H3. The van der Waals surface area contributed by atoms with Crippen LogP contribution in [0.3, 0.4) is 0 Å². The average Bonchev–Trinajstić information content (AvgIpc) is 3.12. The van der Waals surface area contributed by atoms with E-state index in [9.17, 15) is 0 Å². The topological polar surface area (TPSA) is 102 Å². The first kappa shape index (κ1) is 48.9. The summed E-state index contributed by atoms with van der Waals surface area (Å²) >= 11 is 0. The van der Waals surface area contributed by atoms with Gasteiger partial charge < -0.3 is 51.8 Å². The van der Waals surface area contributed by atoms with E-state index in [1.807, 2.05) is 0 Å². The third-order valence-electron chi connectivity index (χ3n) is 8.71. The molecule has 0 heterocycles. The monoisotopic (exact) mass is 761 g/mol. The number of hydrogen-bond acceptors (Lipinski definition) is 11. The fourth-order valence-electron chi connectivity index (χ4n) is 4.51. The maximum atomic E-state index is 6.09. The molecule has 0 aliphatic heterocycles. The van der Waals surface area contributed by atoms with E-state index in [-0.39, 0.29) is 5.04 Å². The van der Waals surface area contributed by atoms with Gasteiger partial charge in [-0.3, -0.25) is 0 Å². The molecule has 1 aromatic carbocycles. The molecule has 12 heteroatoms. The van der Waals surface area contributed by atoms with E-state index < -0.39 is 8.32 Å². The van der Waals surface area contributed by atoms with Crippen LogP contribution in [0.15, 0.2) is 24.3 Å². The quantitative estimate of drug-likeness (QED) is 0.0506. The van der Waals surface area contributed by atoms with E-state index in [1.54, 1.807) is 0 Å². The van der Waals surface area contributed by atoms with Crippen molar-refractivity contribution in [3.05, 3.63) is 29.8 Å². The van der Waals surface area contributed by atoms with Crippen molar-refractivity contribution in [2.45, 2.75) is 90.8 Å². The maximum Gasteiger partial charge on any atom is 0.192 e. The molecular formula is C40H76O11Si. The molecule has 1 aromatic rings. The van der Waals surface area contributed by atoms with Crippen molar-refractivity contribution in [2.75, 3.05) is 132 Å². The first-order valence-corrected chi connectivity index (χ1v) is 22.7. The van der Waals surface area contributed by atoms with Crippen LogP contribution >= 0.6 is 0 Å². The summed E-state index contributed by atoms with van der Waals surface area (Å²) in [5, 5.41) is 0.218. The number of benzene rings is 1. The van der Waals surface area contributed by atoms with E-state index in [2.05, 4.69) is 65.1 Å². The second kappa shape index (κ2) is 34.3. The second-order valence-electron chi connectivity index (χ2n) is 14.1. The molecule has 0 saturated carbocycles. The minimum atomic E-state index is -1.70. The van der Waals surface area contributed by atoms with Gasteiger partial charge in [-0.1, -0.05) is 71.9 Å². The predicted octanol–water partition coefficient (Wildman–Crippen LogP) is 7.14. The summed E-state index contributed by atoms with van der Waals surface area (Å²) in [6.45, 7) is 24.2. The van der Waals surface area contributed by atoms with E-state index in [1.165, 1.54) is 44.1 Å². The number of hydrogen-bond donors (Lipinski definition) is 0. The van der Waals surface area contributed by atoms with Crippen molar-refractivity contribution in [2.24, 2.45) is 0 Å². The van der Waals surface area contributed by atoms with Crippen molar-refractivity contribution in [3.8, 4) is 5.75 Å². The summed E-state index contributed by atoms with van der Waals surface area (Å²) in [5.41, 5.74) is 1.38. The number of unbranched alkanes of at least 4 members (excludes halogenated alkanes) is 5. The van der Waals surface area contributed by atoms with E-state index in [0.29, 0.717) is 132 Å². The summed E-state index contributed by atoms with van der Waals surface area (Å²) in [4.78, 5) is 0. The lowest BCUT2D eigenvalue weighted by Gasteiger charge is -2.36. The van der Waals surface area contributed by atoms with Gasteiger partial charge >= 0.3 is 0 Å². The minimum absolute atomic E-state index is 0.218. The molecule has 0 unspecified atom stereocenters. The van der Waals surface area contributed by atoms with Crippen LogP contribution in [0.2, 0.25) is 18.1 Å². The number of rotatable bonds is 39. The molecule has 1 rings (SSSR count). The Balaban J connectivity index is 1.71. The Kier molecular flexibility index (Phi) is 32.3. The summed E-state index contributed by atoms with van der Waals surface area (Å²) < 4.78 is 61.7. The summed E-state index contributed by atoms with van der Waals surface area (Å²) in [6, 6.07) is 8.44. The zero-order valence-corrected chi connectivity index (χ0v) is 34.9. The summed E-state index contributed by atoms with van der Waals surface area (Å²) in [5.74, 6) is 0.887. The second-order valence-corrected chi connectivity index (χ2v) is 18.9. The Morgan fingerprint density at radius 3 is 1.12 bits per heavy atom. The van der Waals surface area contributed by atoms with E-state index in [4.69, 9.17) is 51.8 Å². The van der Waals surface area contributed by atoms with Crippen molar-refractivity contribution < 1.29 is 51.8 Å². The van der Waals surface area contributed by atoms with Crippen LogP contribution in [0.5, 0.6) is 5.75 Å². The SMILES string of the molecule is CCCCCCCCc1ccc(OCCOCCOCCOCCOCCOCCOCCOCCOCCOCCO[Si](C)(C)C(C)(C)C)cc1. The fourth-order valence-corrected chi connectivity index (χ4v) is 5.54. The molecule has 0 atom stereocenters. The molecular weight excluding hydrogens is 685 g/mol. The summed E-state index contributed by atoms with van der Waals surface area (Å²) in [6.07, 6.45) is 9.10. The minimum Gasteiger partial charge on any atom is -0.491 e. The highest BCUT2D eigenvalue weighted by Gasteiger charge is 2.36. The molecule has 52 heavy (non-hydrogen) atoms. The zero-order valence-electron chi connectivity index (χ0n) is 33.9. The molecule has 306 valence electrons. The van der Waals surface area contributed by atoms with Crippen molar-refractivity contribution in [3.63, 3.8) is 0 Å². The molecule has 0 radical (unpaired) electrons. The molecule has 0 N–H and O–H groups in total. The van der Waals surface area contributed by atoms with Gasteiger partial charge in [0.25, 0.3) is 0 Å². The average molecular weight is 761 g/mol. The van der Waals surface area contributed by atoms with Crippen molar-refractivity contribution in [1.29, 1.82) is 0 Å². The molecule has 11 nitrogen and oxygen atoms in total. The van der Waals surface area contributed by atoms with Crippen LogP contribution in [-0.4, -0.2) is 140 Å². The molecule has 0 aromatic heterocycles. The van der Waals surface area contributed by atoms with E-state index in [0.717, 1.165) is 12.2 Å². The van der Waals surface area contributed by atoms with Gasteiger partial charge in [0.15, 0.2) is 8.32 Å². The highest BCUT2D eigenvalue weighted by atomic mass is 28.4. The lowest BCUT2D eigenvalue weighted by molar-refractivity contribution is -0.0258. The lowest BCUT2D eigenvalue weighted by atomic mass is 10.0. The molecule has 0 aliphatic carbocycles. The Morgan fingerprint density at radius 2 is 0.750 bits per heavy atom. The Hall–Kier alpha value is -1.16. The number of ether oxygens (including phenoxy) is 10. The summed E-state index contributed by atoms with van der Waals surface area (Å²) in [7, 11) is -1.70. The lowest BCUT2D eigenvalue weighted by Crippen LogP contribution is -2.41. The first-order chi connectivity index (χ1) is 25.3. The Labute approximate surface area is 318 Å². The van der Waals surface area contributed by atoms with Gasteiger partial charge in [-0.2, -0.15) is 0 Å². The Morgan fingerprint density at radius 1 is 0.423 bits per heavy atom. The molecule has 0 fully saturated rings. The number of aryl methyl sites for hydroxylation is 1. The predicted molar refractivity (Wildman–Crippen MR) is 210 cm³/mol. The molecule has 0 amide bonds. The van der Waals surface area contributed by atoms with Crippen molar-refractivity contribution in [1.82, 2.24) is 0 Å².